The Hall–Kier alpha value is -1.48. The minimum atomic E-state index is 0.627. The van der Waals surface area contributed by atoms with E-state index in [2.05, 4.69) is 10.3 Å². The molecule has 1 heterocycles. The summed E-state index contributed by atoms with van der Waals surface area (Å²) in [4.78, 5) is 4.33. The quantitative estimate of drug-likeness (QED) is 0.841. The van der Waals surface area contributed by atoms with Gasteiger partial charge in [0.2, 0.25) is 0 Å². The monoisotopic (exact) mass is 235 g/mol. The van der Waals surface area contributed by atoms with Crippen LogP contribution < -0.4 is 11.1 Å². The van der Waals surface area contributed by atoms with E-state index in [0.717, 1.165) is 28.7 Å². The molecule has 1 aromatic carbocycles. The third-order valence-electron chi connectivity index (χ3n) is 2.55. The minimum Gasteiger partial charge on any atom is -0.396 e. The molecule has 0 saturated carbocycles. The Kier molecular flexibility index (Phi) is 2.88. The van der Waals surface area contributed by atoms with E-state index in [1.165, 1.54) is 0 Å². The maximum absolute atomic E-state index is 6.21. The molecule has 16 heavy (non-hydrogen) atoms. The van der Waals surface area contributed by atoms with Crippen molar-refractivity contribution in [3.8, 4) is 0 Å². The molecule has 4 heteroatoms. The summed E-state index contributed by atoms with van der Waals surface area (Å²) in [6, 6.07) is 3.84. The Bertz CT molecular complexity index is 537. The topological polar surface area (TPSA) is 50.9 Å². The molecule has 0 fully saturated rings. The van der Waals surface area contributed by atoms with Crippen LogP contribution in [0.5, 0.6) is 0 Å². The Morgan fingerprint density at radius 1 is 1.44 bits per heavy atom. The summed E-state index contributed by atoms with van der Waals surface area (Å²) >= 11 is 6.21. The maximum Gasteiger partial charge on any atom is 0.0768 e. The Labute approximate surface area is 99.6 Å². The highest BCUT2D eigenvalue weighted by Crippen LogP contribution is 2.34. The molecule has 2 aromatic rings. The normalized spacial score (nSPS) is 10.7. The van der Waals surface area contributed by atoms with E-state index >= 15 is 0 Å². The van der Waals surface area contributed by atoms with Gasteiger partial charge in [0.1, 0.15) is 0 Å². The first-order valence-electron chi connectivity index (χ1n) is 5.22. The van der Waals surface area contributed by atoms with E-state index in [1.54, 1.807) is 6.20 Å². The van der Waals surface area contributed by atoms with Crippen molar-refractivity contribution < 1.29 is 0 Å². The van der Waals surface area contributed by atoms with Crippen molar-refractivity contribution in [1.29, 1.82) is 0 Å². The third kappa shape index (κ3) is 1.67. The lowest BCUT2D eigenvalue weighted by Gasteiger charge is -2.12. The van der Waals surface area contributed by atoms with Gasteiger partial charge in [-0.05, 0) is 25.5 Å². The van der Waals surface area contributed by atoms with Crippen LogP contribution >= 0.6 is 11.6 Å². The highest BCUT2D eigenvalue weighted by molar-refractivity contribution is 6.37. The summed E-state index contributed by atoms with van der Waals surface area (Å²) in [5, 5.41) is 4.82. The van der Waals surface area contributed by atoms with Gasteiger partial charge in [0.25, 0.3) is 0 Å². The lowest BCUT2D eigenvalue weighted by molar-refractivity contribution is 1.21. The highest BCUT2D eigenvalue weighted by atomic mass is 35.5. The zero-order chi connectivity index (χ0) is 11.7. The Morgan fingerprint density at radius 2 is 2.19 bits per heavy atom. The number of nitrogens with two attached hydrogens (primary N) is 1. The summed E-state index contributed by atoms with van der Waals surface area (Å²) in [6.45, 7) is 4.83. The molecule has 1 aromatic heterocycles. The van der Waals surface area contributed by atoms with Crippen molar-refractivity contribution in [2.45, 2.75) is 13.8 Å². The number of hydrogen-bond acceptors (Lipinski definition) is 3. The van der Waals surface area contributed by atoms with E-state index in [-0.39, 0.29) is 0 Å². The second-order valence-corrected chi connectivity index (χ2v) is 4.11. The zero-order valence-electron chi connectivity index (χ0n) is 9.34. The van der Waals surface area contributed by atoms with Crippen LogP contribution in [-0.4, -0.2) is 11.5 Å². The summed E-state index contributed by atoms with van der Waals surface area (Å²) < 4.78 is 0. The largest absolute Gasteiger partial charge is 0.396 e. The fourth-order valence-electron chi connectivity index (χ4n) is 1.79. The number of nitrogens with zero attached hydrogens (tertiary/aromatic N) is 1. The number of fused-ring (bicyclic) bond motifs is 1. The second kappa shape index (κ2) is 4.18. The number of nitrogens with one attached hydrogen (secondary N) is 1. The molecule has 0 radical (unpaired) electrons. The number of aryl methyl sites for hydroxylation is 1. The van der Waals surface area contributed by atoms with E-state index in [0.29, 0.717) is 10.7 Å². The smallest absolute Gasteiger partial charge is 0.0768 e. The number of pyridine rings is 1. The lowest BCUT2D eigenvalue weighted by atomic mass is 10.1. The first-order chi connectivity index (χ1) is 7.65. The SMILES string of the molecule is CCNc1c(N)cnc2c(C)ccc(Cl)c12. The molecule has 0 aliphatic carbocycles. The molecule has 0 amide bonds. The number of nitrogen functional groups attached to an aromatic ring is 1. The van der Waals surface area contributed by atoms with E-state index in [1.807, 2.05) is 26.0 Å². The van der Waals surface area contributed by atoms with Crippen LogP contribution in [0, 0.1) is 6.92 Å². The molecular weight excluding hydrogens is 222 g/mol. The fraction of sp³-hybridized carbons (Fsp3) is 0.250. The van der Waals surface area contributed by atoms with Crippen molar-refractivity contribution in [1.82, 2.24) is 4.98 Å². The Morgan fingerprint density at radius 3 is 2.88 bits per heavy atom. The Balaban J connectivity index is 2.85. The van der Waals surface area contributed by atoms with Gasteiger partial charge in [-0.15, -0.1) is 0 Å². The zero-order valence-corrected chi connectivity index (χ0v) is 10.1. The van der Waals surface area contributed by atoms with Crippen LogP contribution in [0.4, 0.5) is 11.4 Å². The maximum atomic E-state index is 6.21. The molecule has 0 bridgehead atoms. The number of anilines is 2. The molecule has 0 aliphatic heterocycles. The molecule has 0 atom stereocenters. The van der Waals surface area contributed by atoms with Gasteiger partial charge in [0, 0.05) is 11.9 Å². The third-order valence-corrected chi connectivity index (χ3v) is 2.87. The molecule has 3 nitrogen and oxygen atoms in total. The molecule has 3 N–H and O–H groups in total. The number of hydrogen-bond donors (Lipinski definition) is 2. The van der Waals surface area contributed by atoms with Crippen LogP contribution in [0.2, 0.25) is 5.02 Å². The number of halogens is 1. The molecule has 84 valence electrons. The van der Waals surface area contributed by atoms with Gasteiger partial charge in [0.15, 0.2) is 0 Å². The molecule has 0 spiro atoms. The summed E-state index contributed by atoms with van der Waals surface area (Å²) in [7, 11) is 0. The number of benzene rings is 1. The number of aromatic nitrogens is 1. The van der Waals surface area contributed by atoms with Gasteiger partial charge in [-0.1, -0.05) is 17.7 Å². The summed E-state index contributed by atoms with van der Waals surface area (Å²) in [6.07, 6.45) is 1.67. The van der Waals surface area contributed by atoms with Crippen LogP contribution in [-0.2, 0) is 0 Å². The van der Waals surface area contributed by atoms with Crippen molar-refractivity contribution in [2.24, 2.45) is 0 Å². The highest BCUT2D eigenvalue weighted by Gasteiger charge is 2.10. The molecular formula is C12H14ClN3. The van der Waals surface area contributed by atoms with Crippen LogP contribution in [0.15, 0.2) is 18.3 Å². The summed E-state index contributed by atoms with van der Waals surface area (Å²) in [5.74, 6) is 0. The van der Waals surface area contributed by atoms with Crippen molar-refractivity contribution in [2.75, 3.05) is 17.6 Å². The van der Waals surface area contributed by atoms with Crippen LogP contribution in [0.3, 0.4) is 0 Å². The van der Waals surface area contributed by atoms with Crippen LogP contribution in [0.1, 0.15) is 12.5 Å². The average Bonchev–Trinajstić information content (AvgIpc) is 2.27. The van der Waals surface area contributed by atoms with Crippen molar-refractivity contribution in [3.05, 3.63) is 28.9 Å². The van der Waals surface area contributed by atoms with Crippen molar-refractivity contribution in [3.63, 3.8) is 0 Å². The first kappa shape index (κ1) is 11.0. The lowest BCUT2D eigenvalue weighted by Crippen LogP contribution is -2.03. The molecule has 2 rings (SSSR count). The second-order valence-electron chi connectivity index (χ2n) is 3.71. The van der Waals surface area contributed by atoms with E-state index in [9.17, 15) is 0 Å². The van der Waals surface area contributed by atoms with Gasteiger partial charge >= 0.3 is 0 Å². The first-order valence-corrected chi connectivity index (χ1v) is 5.60. The van der Waals surface area contributed by atoms with Gasteiger partial charge in [-0.3, -0.25) is 4.98 Å². The van der Waals surface area contributed by atoms with Gasteiger partial charge in [-0.2, -0.15) is 0 Å². The van der Waals surface area contributed by atoms with Crippen molar-refractivity contribution >= 4 is 33.9 Å². The standard InChI is InChI=1S/C12H14ClN3/c1-3-15-12-9(14)6-16-11-7(2)4-5-8(13)10(11)12/h4-6H,3,14H2,1-2H3,(H,15,16). The van der Waals surface area contributed by atoms with Crippen LogP contribution in [0.25, 0.3) is 10.9 Å². The molecule has 0 unspecified atom stereocenters. The predicted molar refractivity (Wildman–Crippen MR) is 70.1 cm³/mol. The fourth-order valence-corrected chi connectivity index (χ4v) is 2.03. The summed E-state index contributed by atoms with van der Waals surface area (Å²) in [5.41, 5.74) is 9.41. The van der Waals surface area contributed by atoms with Gasteiger partial charge in [0.05, 0.1) is 28.1 Å². The van der Waals surface area contributed by atoms with E-state index in [4.69, 9.17) is 17.3 Å². The minimum absolute atomic E-state index is 0.627. The van der Waals surface area contributed by atoms with Gasteiger partial charge < -0.3 is 11.1 Å². The predicted octanol–water partition coefficient (Wildman–Crippen LogP) is 3.21. The number of rotatable bonds is 2. The van der Waals surface area contributed by atoms with E-state index < -0.39 is 0 Å². The van der Waals surface area contributed by atoms with Gasteiger partial charge in [-0.25, -0.2) is 0 Å². The molecule has 0 saturated heterocycles. The average molecular weight is 236 g/mol. The molecule has 0 aliphatic rings.